The van der Waals surface area contributed by atoms with Crippen LogP contribution in [0.2, 0.25) is 0 Å². The molecule has 1 aliphatic heterocycles. The maximum atomic E-state index is 5.62. The molecule has 2 rings (SSSR count). The zero-order chi connectivity index (χ0) is 11.4. The van der Waals surface area contributed by atoms with Gasteiger partial charge in [-0.3, -0.25) is 0 Å². The van der Waals surface area contributed by atoms with Gasteiger partial charge in [-0.25, -0.2) is 0 Å². The van der Waals surface area contributed by atoms with Crippen LogP contribution in [0.15, 0.2) is 0 Å². The molecule has 0 aromatic rings. The molecule has 2 aliphatic rings. The summed E-state index contributed by atoms with van der Waals surface area (Å²) < 4.78 is 5.62. The van der Waals surface area contributed by atoms with E-state index in [0.29, 0.717) is 6.04 Å². The van der Waals surface area contributed by atoms with Crippen molar-refractivity contribution in [1.82, 2.24) is 10.6 Å². The van der Waals surface area contributed by atoms with Crippen LogP contribution in [0.25, 0.3) is 0 Å². The smallest absolute Gasteiger partial charge is 0.0802 e. The monoisotopic (exact) mass is 226 g/mol. The molecular formula is C13H26N2O. The van der Waals surface area contributed by atoms with Gasteiger partial charge in [0.05, 0.1) is 5.60 Å². The molecule has 0 spiro atoms. The minimum absolute atomic E-state index is 0.164. The molecular weight excluding hydrogens is 200 g/mol. The highest BCUT2D eigenvalue weighted by Crippen LogP contribution is 2.34. The highest BCUT2D eigenvalue weighted by atomic mass is 16.5. The summed E-state index contributed by atoms with van der Waals surface area (Å²) in [4.78, 5) is 0. The van der Waals surface area contributed by atoms with Gasteiger partial charge < -0.3 is 15.4 Å². The lowest BCUT2D eigenvalue weighted by Gasteiger charge is -2.41. The fraction of sp³-hybridized carbons (Fsp3) is 1.00. The quantitative estimate of drug-likeness (QED) is 0.723. The molecule has 2 unspecified atom stereocenters. The topological polar surface area (TPSA) is 33.3 Å². The van der Waals surface area contributed by atoms with Crippen LogP contribution in [-0.4, -0.2) is 37.9 Å². The Labute approximate surface area is 99.3 Å². The second kappa shape index (κ2) is 5.48. The first-order valence-electron chi connectivity index (χ1n) is 6.76. The predicted octanol–water partition coefficient (Wildman–Crippen LogP) is 1.68. The molecule has 1 saturated carbocycles. The van der Waals surface area contributed by atoms with Gasteiger partial charge in [-0.1, -0.05) is 0 Å². The van der Waals surface area contributed by atoms with Gasteiger partial charge in [-0.2, -0.15) is 0 Å². The predicted molar refractivity (Wildman–Crippen MR) is 66.7 cm³/mol. The van der Waals surface area contributed by atoms with Gasteiger partial charge in [0.2, 0.25) is 0 Å². The average Bonchev–Trinajstić information content (AvgIpc) is 2.69. The number of hydrogen-bond acceptors (Lipinski definition) is 3. The van der Waals surface area contributed by atoms with E-state index in [1.807, 2.05) is 7.11 Å². The van der Waals surface area contributed by atoms with Crippen LogP contribution < -0.4 is 10.6 Å². The number of ether oxygens (including phenoxy) is 1. The molecule has 16 heavy (non-hydrogen) atoms. The Morgan fingerprint density at radius 3 is 2.75 bits per heavy atom. The summed E-state index contributed by atoms with van der Waals surface area (Å²) in [7, 11) is 1.85. The van der Waals surface area contributed by atoms with E-state index >= 15 is 0 Å². The molecule has 2 N–H and O–H groups in total. The zero-order valence-corrected chi connectivity index (χ0v) is 10.7. The third-order valence-electron chi connectivity index (χ3n) is 4.27. The molecule has 1 aliphatic carbocycles. The number of hydrogen-bond donors (Lipinski definition) is 2. The summed E-state index contributed by atoms with van der Waals surface area (Å²) in [5.41, 5.74) is 0.164. The normalized spacial score (nSPS) is 30.0. The molecule has 94 valence electrons. The Morgan fingerprint density at radius 1 is 1.44 bits per heavy atom. The van der Waals surface area contributed by atoms with Crippen molar-refractivity contribution in [1.29, 1.82) is 0 Å². The van der Waals surface area contributed by atoms with Crippen molar-refractivity contribution in [3.8, 4) is 0 Å². The highest BCUT2D eigenvalue weighted by Gasteiger charge is 2.36. The van der Waals surface area contributed by atoms with Crippen LogP contribution in [0.4, 0.5) is 0 Å². The maximum absolute atomic E-state index is 5.62. The summed E-state index contributed by atoms with van der Waals surface area (Å²) in [5.74, 6) is 0. The third kappa shape index (κ3) is 2.96. The lowest BCUT2D eigenvalue weighted by molar-refractivity contribution is -0.0707. The van der Waals surface area contributed by atoms with Crippen molar-refractivity contribution < 1.29 is 4.74 Å². The summed E-state index contributed by atoms with van der Waals surface area (Å²) in [6.07, 6.45) is 7.73. The van der Waals surface area contributed by atoms with Crippen molar-refractivity contribution in [2.24, 2.45) is 0 Å². The van der Waals surface area contributed by atoms with Crippen LogP contribution in [0.5, 0.6) is 0 Å². The maximum Gasteiger partial charge on any atom is 0.0802 e. The summed E-state index contributed by atoms with van der Waals surface area (Å²) in [6, 6.07) is 1.34. The Bertz CT molecular complexity index is 204. The van der Waals surface area contributed by atoms with E-state index in [1.165, 1.54) is 45.1 Å². The van der Waals surface area contributed by atoms with E-state index in [9.17, 15) is 0 Å². The van der Waals surface area contributed by atoms with Gasteiger partial charge in [-0.05, 0) is 52.0 Å². The van der Waals surface area contributed by atoms with Crippen molar-refractivity contribution >= 4 is 0 Å². The van der Waals surface area contributed by atoms with Gasteiger partial charge in [0.1, 0.15) is 0 Å². The third-order valence-corrected chi connectivity index (χ3v) is 4.27. The van der Waals surface area contributed by atoms with Crippen molar-refractivity contribution in [3.05, 3.63) is 0 Å². The van der Waals surface area contributed by atoms with Crippen molar-refractivity contribution in [2.75, 3.05) is 20.2 Å². The SMILES string of the molecule is COC1(CNC(C)CC2CCCN2)CCC1. The largest absolute Gasteiger partial charge is 0.377 e. The molecule has 0 radical (unpaired) electrons. The Kier molecular flexibility index (Phi) is 4.22. The van der Waals surface area contributed by atoms with Crippen LogP contribution in [0, 0.1) is 0 Å². The van der Waals surface area contributed by atoms with Crippen LogP contribution in [-0.2, 0) is 4.74 Å². The molecule has 2 fully saturated rings. The van der Waals surface area contributed by atoms with E-state index in [0.717, 1.165) is 12.6 Å². The lowest BCUT2D eigenvalue weighted by atomic mass is 9.80. The molecule has 0 aromatic carbocycles. The average molecular weight is 226 g/mol. The van der Waals surface area contributed by atoms with Crippen molar-refractivity contribution in [3.63, 3.8) is 0 Å². The highest BCUT2D eigenvalue weighted by molar-refractivity contribution is 4.92. The van der Waals surface area contributed by atoms with Gasteiger partial charge in [0, 0.05) is 25.7 Å². The van der Waals surface area contributed by atoms with Crippen LogP contribution in [0.3, 0.4) is 0 Å². The zero-order valence-electron chi connectivity index (χ0n) is 10.7. The molecule has 1 saturated heterocycles. The van der Waals surface area contributed by atoms with Gasteiger partial charge in [0.15, 0.2) is 0 Å². The second-order valence-corrected chi connectivity index (χ2v) is 5.55. The fourth-order valence-electron chi connectivity index (χ4n) is 2.85. The minimum Gasteiger partial charge on any atom is -0.377 e. The van der Waals surface area contributed by atoms with E-state index in [2.05, 4.69) is 17.6 Å². The summed E-state index contributed by atoms with van der Waals surface area (Å²) in [6.45, 7) is 4.53. The van der Waals surface area contributed by atoms with Crippen LogP contribution in [0.1, 0.15) is 45.4 Å². The van der Waals surface area contributed by atoms with Gasteiger partial charge in [-0.15, -0.1) is 0 Å². The lowest BCUT2D eigenvalue weighted by Crippen LogP contribution is -2.50. The fourth-order valence-corrected chi connectivity index (χ4v) is 2.85. The molecule has 0 bridgehead atoms. The van der Waals surface area contributed by atoms with E-state index in [1.54, 1.807) is 0 Å². The molecule has 0 amide bonds. The van der Waals surface area contributed by atoms with E-state index in [4.69, 9.17) is 4.74 Å². The second-order valence-electron chi connectivity index (χ2n) is 5.55. The van der Waals surface area contributed by atoms with Crippen LogP contribution >= 0.6 is 0 Å². The molecule has 0 aromatic heterocycles. The summed E-state index contributed by atoms with van der Waals surface area (Å²) >= 11 is 0. The Hall–Kier alpha value is -0.120. The molecule has 1 heterocycles. The number of methoxy groups -OCH3 is 1. The molecule has 3 heteroatoms. The number of nitrogens with one attached hydrogen (secondary N) is 2. The van der Waals surface area contributed by atoms with Gasteiger partial charge in [0.25, 0.3) is 0 Å². The first-order chi connectivity index (χ1) is 7.74. The van der Waals surface area contributed by atoms with E-state index in [-0.39, 0.29) is 5.60 Å². The summed E-state index contributed by atoms with van der Waals surface area (Å²) in [5, 5.41) is 7.19. The van der Waals surface area contributed by atoms with Crippen molar-refractivity contribution in [2.45, 2.75) is 63.1 Å². The van der Waals surface area contributed by atoms with Gasteiger partial charge >= 0.3 is 0 Å². The Balaban J connectivity index is 1.64. The standard InChI is InChI=1S/C13H26N2O/c1-11(9-12-5-3-8-14-12)15-10-13(16-2)6-4-7-13/h11-12,14-15H,3-10H2,1-2H3. The Morgan fingerprint density at radius 2 is 2.25 bits per heavy atom. The van der Waals surface area contributed by atoms with E-state index < -0.39 is 0 Å². The molecule has 2 atom stereocenters. The minimum atomic E-state index is 0.164. The first kappa shape index (κ1) is 12.3. The molecule has 3 nitrogen and oxygen atoms in total. The first-order valence-corrected chi connectivity index (χ1v) is 6.76. The number of rotatable bonds is 6.